The Bertz CT molecular complexity index is 2570. The number of primary amides is 1. The number of para-hydroxylation sites is 1. The van der Waals surface area contributed by atoms with E-state index in [1.165, 1.54) is 0 Å². The zero-order valence-corrected chi connectivity index (χ0v) is 36.4. The number of piperidine rings is 3. The highest BCUT2D eigenvalue weighted by Gasteiger charge is 2.46. The summed E-state index contributed by atoms with van der Waals surface area (Å²) in [7, 11) is 0. The monoisotopic (exact) mass is 925 g/mol. The topological polar surface area (TPSA) is 213 Å². The number of carbonyl (C=O) groups is 6. The number of nitrogens with zero attached hydrogens (tertiary/aromatic N) is 6. The van der Waals surface area contributed by atoms with E-state index in [-0.39, 0.29) is 24.8 Å². The Labute approximate surface area is 383 Å². The molecule has 3 aromatic carbocycles. The van der Waals surface area contributed by atoms with E-state index in [1.807, 2.05) is 65.3 Å². The van der Waals surface area contributed by atoms with Gasteiger partial charge in [0.05, 0.1) is 17.2 Å². The van der Waals surface area contributed by atoms with Crippen LogP contribution in [0.15, 0.2) is 72.8 Å². The first kappa shape index (κ1) is 45.4. The predicted octanol–water partition coefficient (Wildman–Crippen LogP) is 4.90. The average Bonchev–Trinajstić information content (AvgIpc) is 3.81. The molecule has 0 radical (unpaired) electrons. The maximum Gasteiger partial charge on any atom is 0.490 e. The SMILES string of the molecule is NC(=O)c1c(-c2ccc(Oc3ccccc3)cc2)nn2c1NCC[C@H]2C1CCN(C2CCN(C3CN(c4ccc5c(c4)C(=O)N(C4CCC(=O)NC4=O)C5=O)C3)CC2)CC1.O=C(O)C(F)(F)F. The first-order chi connectivity index (χ1) is 32.1. The van der Waals surface area contributed by atoms with Crippen molar-refractivity contribution in [3.05, 3.63) is 89.5 Å². The summed E-state index contributed by atoms with van der Waals surface area (Å²) < 4.78 is 39.8. The summed E-state index contributed by atoms with van der Waals surface area (Å²) in [5, 5.41) is 17.9. The van der Waals surface area contributed by atoms with Crippen LogP contribution in [-0.4, -0.2) is 135 Å². The molecule has 2 atom stereocenters. The molecular weight excluding hydrogens is 876 g/mol. The standard InChI is InChI=1S/C45H49N9O6.C2HF3O2/c46-41(56)39-40(28-6-9-33(10-7-28)60-32-4-2-1-3-5-32)49-54-36(14-19-47-42(39)54)27-15-20-50(21-16-27)29-17-22-51(23-18-29)31-25-52(26-31)30-8-11-34-35(24-30)45(59)53(44(34)58)37-12-13-38(55)48-43(37)57;3-2(4,5)1(6)7/h1-11,24,27,29,31,36-37,47H,12-23,25-26H2,(H2,46,56)(H,48,55,57);(H,6,7)/t36-,37?;/m0./s1. The Balaban J connectivity index is 0.000000747. The van der Waals surface area contributed by atoms with Gasteiger partial charge < -0.3 is 30.7 Å². The van der Waals surface area contributed by atoms with Crippen molar-refractivity contribution in [2.45, 2.75) is 75.3 Å². The zero-order chi connectivity index (χ0) is 47.1. The van der Waals surface area contributed by atoms with Gasteiger partial charge in [-0.25, -0.2) is 9.48 Å². The normalized spacial score (nSPS) is 22.0. The summed E-state index contributed by atoms with van der Waals surface area (Å²) in [6, 6.07) is 22.8. The number of hydrogen-bond acceptors (Lipinski definition) is 12. The third-order valence-electron chi connectivity index (χ3n) is 13.9. The number of ether oxygens (including phenoxy) is 1. The van der Waals surface area contributed by atoms with E-state index in [9.17, 15) is 37.1 Å². The minimum absolute atomic E-state index is 0.0962. The molecule has 0 spiro atoms. The number of imide groups is 2. The summed E-state index contributed by atoms with van der Waals surface area (Å²) in [4.78, 5) is 80.9. The average molecular weight is 926 g/mol. The van der Waals surface area contributed by atoms with E-state index < -0.39 is 41.8 Å². The fourth-order valence-corrected chi connectivity index (χ4v) is 10.3. The summed E-state index contributed by atoms with van der Waals surface area (Å²) >= 11 is 0. The van der Waals surface area contributed by atoms with Crippen LogP contribution in [0.5, 0.6) is 11.5 Å². The van der Waals surface area contributed by atoms with Gasteiger partial charge >= 0.3 is 12.1 Å². The van der Waals surface area contributed by atoms with E-state index >= 15 is 0 Å². The van der Waals surface area contributed by atoms with Crippen molar-refractivity contribution in [1.29, 1.82) is 0 Å². The number of likely N-dealkylation sites (tertiary alicyclic amines) is 2. The van der Waals surface area contributed by atoms with Gasteiger partial charge in [0.25, 0.3) is 17.7 Å². The van der Waals surface area contributed by atoms with Crippen LogP contribution < -0.4 is 26.0 Å². The second-order valence-electron chi connectivity index (χ2n) is 17.8. The van der Waals surface area contributed by atoms with Crippen molar-refractivity contribution in [2.75, 3.05) is 56.0 Å². The first-order valence-electron chi connectivity index (χ1n) is 22.5. The maximum absolute atomic E-state index is 13.4. The number of nitrogens with two attached hydrogens (primary N) is 1. The van der Waals surface area contributed by atoms with Gasteiger partial charge in [0.15, 0.2) is 0 Å². The van der Waals surface area contributed by atoms with Crippen molar-refractivity contribution < 1.29 is 51.8 Å². The number of aliphatic carboxylic acids is 1. The molecule has 1 aromatic heterocycles. The molecule has 4 saturated heterocycles. The number of nitrogens with one attached hydrogen (secondary N) is 2. The van der Waals surface area contributed by atoms with Gasteiger partial charge in [0, 0.05) is 62.5 Å². The molecule has 6 aliphatic rings. The highest BCUT2D eigenvalue weighted by Crippen LogP contribution is 2.41. The molecule has 4 fully saturated rings. The van der Waals surface area contributed by atoms with Crippen LogP contribution in [0.1, 0.15) is 82.1 Å². The Morgan fingerprint density at radius 2 is 1.40 bits per heavy atom. The molecule has 0 bridgehead atoms. The molecule has 67 heavy (non-hydrogen) atoms. The number of carboxylic acids is 1. The highest BCUT2D eigenvalue weighted by atomic mass is 19.4. The first-order valence-corrected chi connectivity index (χ1v) is 22.5. The molecule has 1 unspecified atom stereocenters. The second-order valence-corrected chi connectivity index (χ2v) is 17.8. The van der Waals surface area contributed by atoms with Gasteiger partial charge in [-0.2, -0.15) is 18.3 Å². The van der Waals surface area contributed by atoms with Gasteiger partial charge in [-0.3, -0.25) is 39.1 Å². The Kier molecular flexibility index (Phi) is 12.5. The van der Waals surface area contributed by atoms with E-state index in [0.717, 1.165) is 106 Å². The van der Waals surface area contributed by atoms with Gasteiger partial charge in [-0.1, -0.05) is 18.2 Å². The number of rotatable bonds is 9. The molecule has 4 aromatic rings. The number of alkyl halides is 3. The molecule has 10 rings (SSSR count). The van der Waals surface area contributed by atoms with Crippen LogP contribution in [0.2, 0.25) is 0 Å². The summed E-state index contributed by atoms with van der Waals surface area (Å²) in [5.74, 6) is -2.57. The predicted molar refractivity (Wildman–Crippen MR) is 237 cm³/mol. The molecule has 5 N–H and O–H groups in total. The van der Waals surface area contributed by atoms with E-state index in [4.69, 9.17) is 25.5 Å². The number of benzene rings is 3. The number of fused-ring (bicyclic) bond motifs is 2. The molecule has 6 aliphatic heterocycles. The number of carbonyl (C=O) groups excluding carboxylic acids is 5. The number of carboxylic acid groups (broad SMARTS) is 1. The Hall–Kier alpha value is -6.80. The quantitative estimate of drug-likeness (QED) is 0.165. The summed E-state index contributed by atoms with van der Waals surface area (Å²) in [6.45, 7) is 6.66. The van der Waals surface area contributed by atoms with Crippen LogP contribution in [0.3, 0.4) is 0 Å². The van der Waals surface area contributed by atoms with Gasteiger partial charge in [0.2, 0.25) is 11.8 Å². The fourth-order valence-electron chi connectivity index (χ4n) is 10.3. The van der Waals surface area contributed by atoms with Crippen LogP contribution >= 0.6 is 0 Å². The van der Waals surface area contributed by atoms with Crippen molar-refractivity contribution in [2.24, 2.45) is 11.7 Å². The maximum atomic E-state index is 13.4. The second kappa shape index (κ2) is 18.5. The van der Waals surface area contributed by atoms with Crippen LogP contribution in [0.4, 0.5) is 24.7 Å². The number of anilines is 2. The largest absolute Gasteiger partial charge is 0.490 e. The lowest BCUT2D eigenvalue weighted by molar-refractivity contribution is -0.192. The molecule has 352 valence electrons. The van der Waals surface area contributed by atoms with E-state index in [2.05, 4.69) is 25.3 Å². The number of amides is 5. The minimum Gasteiger partial charge on any atom is -0.475 e. The van der Waals surface area contributed by atoms with Crippen LogP contribution in [-0.2, 0) is 14.4 Å². The fraction of sp³-hybridized carbons (Fsp3) is 0.426. The van der Waals surface area contributed by atoms with Gasteiger partial charge in [-0.05, 0) is 112 Å². The lowest BCUT2D eigenvalue weighted by atomic mass is 9.85. The molecule has 7 heterocycles. The van der Waals surface area contributed by atoms with Gasteiger partial charge in [0.1, 0.15) is 34.6 Å². The molecule has 5 amide bonds. The molecule has 0 saturated carbocycles. The number of aromatic nitrogens is 2. The molecule has 0 aliphatic carbocycles. The lowest BCUT2D eigenvalue weighted by Gasteiger charge is -2.50. The molecule has 20 heteroatoms. The Morgan fingerprint density at radius 3 is 2.04 bits per heavy atom. The van der Waals surface area contributed by atoms with Crippen LogP contribution in [0, 0.1) is 5.92 Å². The molecular formula is C47H50F3N9O8. The van der Waals surface area contributed by atoms with Crippen molar-refractivity contribution in [3.63, 3.8) is 0 Å². The van der Waals surface area contributed by atoms with Crippen molar-refractivity contribution >= 4 is 47.0 Å². The smallest absolute Gasteiger partial charge is 0.475 e. The number of hydrogen-bond donors (Lipinski definition) is 4. The van der Waals surface area contributed by atoms with E-state index in [1.54, 1.807) is 12.1 Å². The van der Waals surface area contributed by atoms with Crippen LogP contribution in [0.25, 0.3) is 11.3 Å². The summed E-state index contributed by atoms with van der Waals surface area (Å²) in [5.41, 5.74) is 9.37. The van der Waals surface area contributed by atoms with Crippen molar-refractivity contribution in [1.82, 2.24) is 29.8 Å². The third kappa shape index (κ3) is 9.19. The van der Waals surface area contributed by atoms with E-state index in [0.29, 0.717) is 46.1 Å². The summed E-state index contributed by atoms with van der Waals surface area (Å²) in [6.07, 6.45) is 0.511. The van der Waals surface area contributed by atoms with Gasteiger partial charge in [-0.15, -0.1) is 0 Å². The molecule has 17 nitrogen and oxygen atoms in total. The minimum atomic E-state index is -5.08. The lowest BCUT2D eigenvalue weighted by Crippen LogP contribution is -2.62. The number of halogens is 3. The van der Waals surface area contributed by atoms with Crippen molar-refractivity contribution in [3.8, 4) is 22.8 Å². The Morgan fingerprint density at radius 1 is 0.776 bits per heavy atom. The highest BCUT2D eigenvalue weighted by molar-refractivity contribution is 6.23. The zero-order valence-electron chi connectivity index (χ0n) is 36.4. The third-order valence-corrected chi connectivity index (χ3v) is 13.9.